The molecule has 0 aromatic heterocycles. The Balaban J connectivity index is 4.09. The van der Waals surface area contributed by atoms with Crippen molar-refractivity contribution < 1.29 is 9.53 Å². The summed E-state index contributed by atoms with van der Waals surface area (Å²) in [6, 6.07) is 0.168. The Morgan fingerprint density at radius 1 is 1.27 bits per heavy atom. The van der Waals surface area contributed by atoms with E-state index in [1.807, 2.05) is 27.7 Å². The third-order valence-electron chi connectivity index (χ3n) is 2.23. The number of hydrogen-bond acceptors (Lipinski definition) is 3. The summed E-state index contributed by atoms with van der Waals surface area (Å²) in [5, 5.41) is 3.26. The van der Waals surface area contributed by atoms with Gasteiger partial charge in [-0.1, -0.05) is 13.8 Å². The van der Waals surface area contributed by atoms with E-state index >= 15 is 0 Å². The van der Waals surface area contributed by atoms with Gasteiger partial charge in [0.1, 0.15) is 11.6 Å². The number of ether oxygens (including phenoxy) is 1. The number of carbonyl (C=O) groups excluding carboxylic acids is 1. The molecule has 0 spiro atoms. The van der Waals surface area contributed by atoms with Crippen LogP contribution in [0.15, 0.2) is 0 Å². The molecule has 3 nitrogen and oxygen atoms in total. The fourth-order valence-corrected chi connectivity index (χ4v) is 1.34. The van der Waals surface area contributed by atoms with Gasteiger partial charge >= 0.3 is 5.97 Å². The monoisotopic (exact) mass is 215 g/mol. The molecule has 0 fully saturated rings. The molecule has 15 heavy (non-hydrogen) atoms. The molecule has 0 unspecified atom stereocenters. The first-order valence-electron chi connectivity index (χ1n) is 5.79. The first kappa shape index (κ1) is 14.4. The van der Waals surface area contributed by atoms with Crippen molar-refractivity contribution in [2.24, 2.45) is 0 Å². The molecule has 0 amide bonds. The minimum atomic E-state index is -0.402. The van der Waals surface area contributed by atoms with Gasteiger partial charge in [-0.2, -0.15) is 0 Å². The Morgan fingerprint density at radius 2 is 1.73 bits per heavy atom. The molecule has 0 saturated carbocycles. The molecule has 0 aromatic carbocycles. The second-order valence-electron chi connectivity index (χ2n) is 4.94. The number of esters is 1. The fourth-order valence-electron chi connectivity index (χ4n) is 1.34. The molecule has 0 heterocycles. The highest BCUT2D eigenvalue weighted by atomic mass is 16.6. The van der Waals surface area contributed by atoms with Crippen LogP contribution in [0.4, 0.5) is 0 Å². The molecular weight excluding hydrogens is 190 g/mol. The molecule has 0 aromatic rings. The van der Waals surface area contributed by atoms with E-state index in [4.69, 9.17) is 4.74 Å². The Hall–Kier alpha value is -0.570. The van der Waals surface area contributed by atoms with E-state index in [2.05, 4.69) is 19.2 Å². The van der Waals surface area contributed by atoms with E-state index in [0.29, 0.717) is 6.04 Å². The zero-order valence-corrected chi connectivity index (χ0v) is 10.9. The Labute approximate surface area is 93.6 Å². The van der Waals surface area contributed by atoms with Crippen LogP contribution in [0.1, 0.15) is 54.4 Å². The number of hydrogen-bond donors (Lipinski definition) is 1. The molecule has 0 aliphatic heterocycles. The minimum Gasteiger partial charge on any atom is -0.459 e. The lowest BCUT2D eigenvalue weighted by Gasteiger charge is -2.25. The standard InChI is InChI=1S/C12H25NO2/c1-7-10(8-2)13-9(3)11(14)15-12(4,5)6/h9-10,13H,7-8H2,1-6H3/t9-/m0/s1. The van der Waals surface area contributed by atoms with Gasteiger partial charge in [0, 0.05) is 6.04 Å². The van der Waals surface area contributed by atoms with E-state index in [1.165, 1.54) is 0 Å². The van der Waals surface area contributed by atoms with Crippen LogP contribution in [-0.4, -0.2) is 23.7 Å². The number of nitrogens with one attached hydrogen (secondary N) is 1. The first-order chi connectivity index (χ1) is 6.80. The van der Waals surface area contributed by atoms with Crippen LogP contribution in [0.3, 0.4) is 0 Å². The van der Waals surface area contributed by atoms with Gasteiger partial charge in [0.15, 0.2) is 0 Å². The summed E-state index contributed by atoms with van der Waals surface area (Å²) >= 11 is 0. The van der Waals surface area contributed by atoms with Crippen molar-refractivity contribution in [3.8, 4) is 0 Å². The van der Waals surface area contributed by atoms with Crippen molar-refractivity contribution in [1.29, 1.82) is 0 Å². The lowest BCUT2D eigenvalue weighted by Crippen LogP contribution is -2.43. The van der Waals surface area contributed by atoms with Crippen molar-refractivity contribution in [2.75, 3.05) is 0 Å². The highest BCUT2D eigenvalue weighted by Gasteiger charge is 2.22. The van der Waals surface area contributed by atoms with E-state index in [1.54, 1.807) is 0 Å². The van der Waals surface area contributed by atoms with Crippen LogP contribution < -0.4 is 5.32 Å². The zero-order chi connectivity index (χ0) is 12.1. The highest BCUT2D eigenvalue weighted by Crippen LogP contribution is 2.09. The van der Waals surface area contributed by atoms with Gasteiger partial charge in [0.25, 0.3) is 0 Å². The van der Waals surface area contributed by atoms with E-state index in [-0.39, 0.29) is 12.0 Å². The SMILES string of the molecule is CCC(CC)N[C@@H](C)C(=O)OC(C)(C)C. The Bertz CT molecular complexity index is 192. The lowest BCUT2D eigenvalue weighted by atomic mass is 10.1. The molecular formula is C12H25NO2. The maximum atomic E-state index is 11.6. The molecule has 0 bridgehead atoms. The smallest absolute Gasteiger partial charge is 0.323 e. The van der Waals surface area contributed by atoms with Gasteiger partial charge < -0.3 is 10.1 Å². The molecule has 0 rings (SSSR count). The summed E-state index contributed by atoms with van der Waals surface area (Å²) in [6.45, 7) is 11.7. The van der Waals surface area contributed by atoms with Gasteiger partial charge in [-0.25, -0.2) is 0 Å². The molecule has 0 aliphatic carbocycles. The van der Waals surface area contributed by atoms with Crippen molar-refractivity contribution >= 4 is 5.97 Å². The maximum Gasteiger partial charge on any atom is 0.323 e. The van der Waals surface area contributed by atoms with Crippen molar-refractivity contribution in [3.05, 3.63) is 0 Å². The average Bonchev–Trinajstić information content (AvgIpc) is 2.10. The van der Waals surface area contributed by atoms with E-state index in [9.17, 15) is 4.79 Å². The third-order valence-corrected chi connectivity index (χ3v) is 2.23. The Morgan fingerprint density at radius 3 is 2.07 bits per heavy atom. The first-order valence-corrected chi connectivity index (χ1v) is 5.79. The number of rotatable bonds is 5. The fraction of sp³-hybridized carbons (Fsp3) is 0.917. The largest absolute Gasteiger partial charge is 0.459 e. The molecule has 0 aliphatic rings. The van der Waals surface area contributed by atoms with Crippen LogP contribution in [0, 0.1) is 0 Å². The van der Waals surface area contributed by atoms with Crippen molar-refractivity contribution in [3.63, 3.8) is 0 Å². The maximum absolute atomic E-state index is 11.6. The van der Waals surface area contributed by atoms with Crippen LogP contribution in [0.25, 0.3) is 0 Å². The summed E-state index contributed by atoms with van der Waals surface area (Å²) in [7, 11) is 0. The summed E-state index contributed by atoms with van der Waals surface area (Å²) in [6.07, 6.45) is 2.06. The molecule has 1 atom stereocenters. The molecule has 3 heteroatoms. The molecule has 1 N–H and O–H groups in total. The van der Waals surface area contributed by atoms with Gasteiger partial charge in [0.2, 0.25) is 0 Å². The zero-order valence-electron chi connectivity index (χ0n) is 10.9. The Kier molecular flexibility index (Phi) is 5.88. The van der Waals surface area contributed by atoms with Crippen LogP contribution in [0.5, 0.6) is 0 Å². The third kappa shape index (κ3) is 6.50. The second kappa shape index (κ2) is 6.11. The van der Waals surface area contributed by atoms with E-state index < -0.39 is 5.60 Å². The van der Waals surface area contributed by atoms with Crippen LogP contribution >= 0.6 is 0 Å². The second-order valence-corrected chi connectivity index (χ2v) is 4.94. The van der Waals surface area contributed by atoms with Crippen LogP contribution in [0.2, 0.25) is 0 Å². The van der Waals surface area contributed by atoms with Crippen LogP contribution in [-0.2, 0) is 9.53 Å². The predicted molar refractivity (Wildman–Crippen MR) is 62.8 cm³/mol. The summed E-state index contributed by atoms with van der Waals surface area (Å²) in [4.78, 5) is 11.6. The van der Waals surface area contributed by atoms with Crippen molar-refractivity contribution in [1.82, 2.24) is 5.32 Å². The van der Waals surface area contributed by atoms with Gasteiger partial charge in [0.05, 0.1) is 0 Å². The predicted octanol–water partition coefficient (Wildman–Crippen LogP) is 2.49. The summed E-state index contributed by atoms with van der Waals surface area (Å²) in [5.41, 5.74) is -0.402. The average molecular weight is 215 g/mol. The van der Waals surface area contributed by atoms with Crippen molar-refractivity contribution in [2.45, 2.75) is 72.1 Å². The summed E-state index contributed by atoms with van der Waals surface area (Å²) < 4.78 is 5.29. The molecule has 90 valence electrons. The molecule has 0 radical (unpaired) electrons. The van der Waals surface area contributed by atoms with Gasteiger partial charge in [-0.15, -0.1) is 0 Å². The quantitative estimate of drug-likeness (QED) is 0.716. The van der Waals surface area contributed by atoms with Gasteiger partial charge in [-0.05, 0) is 40.5 Å². The molecule has 0 saturated heterocycles. The summed E-state index contributed by atoms with van der Waals surface area (Å²) in [5.74, 6) is -0.172. The lowest BCUT2D eigenvalue weighted by molar-refractivity contribution is -0.157. The van der Waals surface area contributed by atoms with E-state index in [0.717, 1.165) is 12.8 Å². The topological polar surface area (TPSA) is 38.3 Å². The normalized spacial score (nSPS) is 14.1. The minimum absolute atomic E-state index is 0.172. The highest BCUT2D eigenvalue weighted by molar-refractivity contribution is 5.75. The van der Waals surface area contributed by atoms with Gasteiger partial charge in [-0.3, -0.25) is 4.79 Å². The number of carbonyl (C=O) groups is 1.